The summed E-state index contributed by atoms with van der Waals surface area (Å²) in [6.45, 7) is 1.87. The summed E-state index contributed by atoms with van der Waals surface area (Å²) in [5.74, 6) is 1.20. The van der Waals surface area contributed by atoms with E-state index in [1.807, 2.05) is 30.3 Å². The summed E-state index contributed by atoms with van der Waals surface area (Å²) in [4.78, 5) is 16.8. The fraction of sp³-hybridized carbons (Fsp3) is 0.158. The Balaban J connectivity index is 1.48. The van der Waals surface area contributed by atoms with Gasteiger partial charge in [0, 0.05) is 18.9 Å². The average molecular weight is 348 g/mol. The van der Waals surface area contributed by atoms with Gasteiger partial charge in [-0.1, -0.05) is 30.3 Å². The third kappa shape index (κ3) is 3.46. The minimum absolute atomic E-state index is 0.176. The second-order valence-corrected chi connectivity index (χ2v) is 5.85. The topological polar surface area (TPSA) is 94.1 Å². The molecule has 0 radical (unpaired) electrons. The maximum atomic E-state index is 12.3. The lowest BCUT2D eigenvalue weighted by Crippen LogP contribution is -2.22. The van der Waals surface area contributed by atoms with Crippen molar-refractivity contribution in [2.24, 2.45) is 0 Å². The fourth-order valence-corrected chi connectivity index (χ4v) is 2.63. The van der Waals surface area contributed by atoms with Gasteiger partial charge in [-0.3, -0.25) is 4.79 Å². The maximum Gasteiger partial charge on any atom is 0.251 e. The summed E-state index contributed by atoms with van der Waals surface area (Å²) in [6, 6.07) is 15.1. The first kappa shape index (κ1) is 16.0. The molecule has 0 aliphatic heterocycles. The monoisotopic (exact) mass is 348 g/mol. The van der Waals surface area contributed by atoms with Crippen molar-refractivity contribution in [3.63, 3.8) is 0 Å². The quantitative estimate of drug-likeness (QED) is 0.596. The van der Waals surface area contributed by atoms with Gasteiger partial charge >= 0.3 is 0 Å². The number of hydrogen-bond acceptors (Lipinski definition) is 6. The minimum atomic E-state index is -0.240. The number of aromatic nitrogens is 3. The lowest BCUT2D eigenvalue weighted by molar-refractivity contribution is 0.0947. The normalized spacial score (nSPS) is 11.0. The van der Waals surface area contributed by atoms with Gasteiger partial charge < -0.3 is 14.2 Å². The molecule has 0 saturated carbocycles. The van der Waals surface area contributed by atoms with E-state index in [4.69, 9.17) is 8.83 Å². The molecule has 2 aromatic carbocycles. The number of aryl methyl sites for hydroxylation is 1. The van der Waals surface area contributed by atoms with Gasteiger partial charge in [0.15, 0.2) is 11.5 Å². The van der Waals surface area contributed by atoms with Crippen LogP contribution in [0, 0.1) is 6.92 Å². The van der Waals surface area contributed by atoms with Crippen molar-refractivity contribution in [3.05, 3.63) is 77.3 Å². The molecule has 1 N–H and O–H groups in total. The summed E-state index contributed by atoms with van der Waals surface area (Å²) < 4.78 is 11.0. The molecule has 7 nitrogen and oxygen atoms in total. The third-order valence-electron chi connectivity index (χ3n) is 3.86. The van der Waals surface area contributed by atoms with Crippen LogP contribution >= 0.6 is 0 Å². The lowest BCUT2D eigenvalue weighted by Gasteiger charge is -2.01. The van der Waals surface area contributed by atoms with Crippen LogP contribution in [0.4, 0.5) is 0 Å². The molecule has 26 heavy (non-hydrogen) atoms. The minimum Gasteiger partial charge on any atom is -0.440 e. The van der Waals surface area contributed by atoms with Crippen molar-refractivity contribution in [2.45, 2.75) is 19.9 Å². The second-order valence-electron chi connectivity index (χ2n) is 5.85. The number of carbonyl (C=O) groups is 1. The molecule has 1 amide bonds. The molecule has 0 aliphatic rings. The Morgan fingerprint density at radius 2 is 1.88 bits per heavy atom. The number of rotatable bonds is 5. The maximum absolute atomic E-state index is 12.3. The molecule has 0 aliphatic carbocycles. The first-order chi connectivity index (χ1) is 12.7. The molecule has 7 heteroatoms. The summed E-state index contributed by atoms with van der Waals surface area (Å²) >= 11 is 0. The lowest BCUT2D eigenvalue weighted by atomic mass is 10.1. The number of benzene rings is 2. The smallest absolute Gasteiger partial charge is 0.251 e. The van der Waals surface area contributed by atoms with E-state index in [9.17, 15) is 4.79 Å². The van der Waals surface area contributed by atoms with Crippen LogP contribution in [0.2, 0.25) is 0 Å². The van der Waals surface area contributed by atoms with Crippen molar-refractivity contribution in [3.8, 4) is 0 Å². The fourth-order valence-electron chi connectivity index (χ4n) is 2.63. The molecule has 0 spiro atoms. The molecular formula is C19H16N4O3. The Hall–Kier alpha value is -3.48. The highest BCUT2D eigenvalue weighted by molar-refractivity contribution is 5.97. The Bertz CT molecular complexity index is 1050. The van der Waals surface area contributed by atoms with E-state index in [0.29, 0.717) is 40.8 Å². The number of oxazole rings is 1. The molecule has 0 bridgehead atoms. The standard InChI is InChI=1S/C19H16N4O3/c1-12-22-23-18(25-12)11-20-19(24)14-7-8-16-15(10-14)21-17(26-16)9-13-5-3-2-4-6-13/h2-8,10H,9,11H2,1H3,(H,20,24). The molecule has 0 atom stereocenters. The molecule has 0 unspecified atom stereocenters. The number of nitrogens with one attached hydrogen (secondary N) is 1. The van der Waals surface area contributed by atoms with Crippen LogP contribution in [0.5, 0.6) is 0 Å². The van der Waals surface area contributed by atoms with Crippen LogP contribution in [0.1, 0.15) is 33.6 Å². The van der Waals surface area contributed by atoms with E-state index in [-0.39, 0.29) is 12.5 Å². The predicted octanol–water partition coefficient (Wildman–Crippen LogP) is 3.04. The Kier molecular flexibility index (Phi) is 4.18. The van der Waals surface area contributed by atoms with Crippen molar-refractivity contribution in [1.82, 2.24) is 20.5 Å². The zero-order valence-electron chi connectivity index (χ0n) is 14.1. The van der Waals surface area contributed by atoms with Gasteiger partial charge in [0.1, 0.15) is 5.52 Å². The average Bonchev–Trinajstić information content (AvgIpc) is 3.25. The number of amides is 1. The van der Waals surface area contributed by atoms with Crippen LogP contribution in [-0.4, -0.2) is 21.1 Å². The predicted molar refractivity (Wildman–Crippen MR) is 93.5 cm³/mol. The highest BCUT2D eigenvalue weighted by Gasteiger charge is 2.12. The summed E-state index contributed by atoms with van der Waals surface area (Å²) in [6.07, 6.45) is 0.605. The molecule has 0 saturated heterocycles. The third-order valence-corrected chi connectivity index (χ3v) is 3.86. The van der Waals surface area contributed by atoms with E-state index >= 15 is 0 Å². The number of fused-ring (bicyclic) bond motifs is 1. The van der Waals surface area contributed by atoms with Crippen molar-refractivity contribution >= 4 is 17.0 Å². The zero-order chi connectivity index (χ0) is 17.9. The Morgan fingerprint density at radius 3 is 2.65 bits per heavy atom. The van der Waals surface area contributed by atoms with Crippen LogP contribution in [0.15, 0.2) is 57.4 Å². The molecule has 130 valence electrons. The van der Waals surface area contributed by atoms with Gasteiger partial charge in [-0.25, -0.2) is 4.98 Å². The van der Waals surface area contributed by atoms with E-state index in [2.05, 4.69) is 20.5 Å². The zero-order valence-corrected chi connectivity index (χ0v) is 14.1. The van der Waals surface area contributed by atoms with Gasteiger partial charge in [-0.15, -0.1) is 10.2 Å². The van der Waals surface area contributed by atoms with Gasteiger partial charge in [0.05, 0.1) is 6.54 Å². The van der Waals surface area contributed by atoms with E-state index < -0.39 is 0 Å². The van der Waals surface area contributed by atoms with Crippen molar-refractivity contribution < 1.29 is 13.6 Å². The molecule has 2 aromatic heterocycles. The van der Waals surface area contributed by atoms with E-state index in [1.165, 1.54) is 0 Å². The van der Waals surface area contributed by atoms with Crippen molar-refractivity contribution in [2.75, 3.05) is 0 Å². The summed E-state index contributed by atoms with van der Waals surface area (Å²) in [5.41, 5.74) is 2.91. The van der Waals surface area contributed by atoms with Gasteiger partial charge in [0.25, 0.3) is 5.91 Å². The highest BCUT2D eigenvalue weighted by atomic mass is 16.4. The van der Waals surface area contributed by atoms with Crippen LogP contribution in [0.25, 0.3) is 11.1 Å². The molecule has 0 fully saturated rings. The highest BCUT2D eigenvalue weighted by Crippen LogP contribution is 2.19. The molecule has 4 aromatic rings. The SMILES string of the molecule is Cc1nnc(CNC(=O)c2ccc3oc(Cc4ccccc4)nc3c2)o1. The largest absolute Gasteiger partial charge is 0.440 e. The van der Waals surface area contributed by atoms with Crippen LogP contribution in [-0.2, 0) is 13.0 Å². The van der Waals surface area contributed by atoms with Crippen LogP contribution < -0.4 is 5.32 Å². The van der Waals surface area contributed by atoms with Gasteiger partial charge in [-0.2, -0.15) is 0 Å². The second kappa shape index (κ2) is 6.79. The molecular weight excluding hydrogens is 332 g/mol. The first-order valence-electron chi connectivity index (χ1n) is 8.18. The van der Waals surface area contributed by atoms with Gasteiger partial charge in [0.2, 0.25) is 11.8 Å². The van der Waals surface area contributed by atoms with E-state index in [1.54, 1.807) is 25.1 Å². The molecule has 2 heterocycles. The van der Waals surface area contributed by atoms with Gasteiger partial charge in [-0.05, 0) is 23.8 Å². The molecule has 4 rings (SSSR count). The number of nitrogens with zero attached hydrogens (tertiary/aromatic N) is 3. The van der Waals surface area contributed by atoms with Crippen LogP contribution in [0.3, 0.4) is 0 Å². The first-order valence-corrected chi connectivity index (χ1v) is 8.18. The Morgan fingerprint density at radius 1 is 1.04 bits per heavy atom. The summed E-state index contributed by atoms with van der Waals surface area (Å²) in [7, 11) is 0. The van der Waals surface area contributed by atoms with E-state index in [0.717, 1.165) is 5.56 Å². The number of carbonyl (C=O) groups excluding carboxylic acids is 1. The van der Waals surface area contributed by atoms with Crippen molar-refractivity contribution in [1.29, 1.82) is 0 Å². The number of hydrogen-bond donors (Lipinski definition) is 1. The Labute approximate surface area is 149 Å². The summed E-state index contributed by atoms with van der Waals surface area (Å²) in [5, 5.41) is 10.3.